The van der Waals surface area contributed by atoms with Crippen molar-refractivity contribution in [3.05, 3.63) is 40.5 Å². The van der Waals surface area contributed by atoms with Crippen LogP contribution in [-0.2, 0) is 15.6 Å². The van der Waals surface area contributed by atoms with E-state index in [-0.39, 0.29) is 16.6 Å². The van der Waals surface area contributed by atoms with E-state index in [1.54, 1.807) is 0 Å². The Morgan fingerprint density at radius 1 is 1.12 bits per heavy atom. The van der Waals surface area contributed by atoms with E-state index < -0.39 is 5.41 Å². The van der Waals surface area contributed by atoms with Crippen LogP contribution in [0.15, 0.2) is 23.8 Å². The van der Waals surface area contributed by atoms with E-state index >= 15 is 0 Å². The van der Waals surface area contributed by atoms with E-state index in [1.165, 1.54) is 11.1 Å². The lowest BCUT2D eigenvalue weighted by atomic mass is 9.81. The summed E-state index contributed by atoms with van der Waals surface area (Å²) < 4.78 is 0. The van der Waals surface area contributed by atoms with E-state index in [9.17, 15) is 10.1 Å². The maximum Gasteiger partial charge on any atom is 0.178 e. The van der Waals surface area contributed by atoms with Crippen LogP contribution in [-0.4, -0.2) is 5.78 Å². The van der Waals surface area contributed by atoms with Crippen molar-refractivity contribution in [2.75, 3.05) is 0 Å². The van der Waals surface area contributed by atoms with Gasteiger partial charge in [-0.25, -0.2) is 0 Å². The molecule has 0 radical (unpaired) electrons. The van der Waals surface area contributed by atoms with E-state index in [0.29, 0.717) is 5.57 Å². The largest absolute Gasteiger partial charge is 0.293 e. The molecule has 0 saturated heterocycles. The van der Waals surface area contributed by atoms with Gasteiger partial charge in [0, 0.05) is 5.41 Å². The lowest BCUT2D eigenvalue weighted by molar-refractivity contribution is -0.122. The lowest BCUT2D eigenvalue weighted by Crippen LogP contribution is -2.22. The monoisotopic (exact) mass is 323 g/mol. The maximum atomic E-state index is 12.7. The number of nitriles is 1. The number of hydrogen-bond acceptors (Lipinski definition) is 2. The fourth-order valence-electron chi connectivity index (χ4n) is 3.32. The van der Waals surface area contributed by atoms with Crippen molar-refractivity contribution in [2.24, 2.45) is 5.41 Å². The molecule has 1 aromatic rings. The molecule has 0 heterocycles. The normalized spacial score (nSPS) is 18.8. The predicted molar refractivity (Wildman–Crippen MR) is 99.8 cm³/mol. The number of ketones is 1. The zero-order valence-electron chi connectivity index (χ0n) is 16.3. The molecule has 0 bridgehead atoms. The minimum Gasteiger partial charge on any atom is -0.293 e. The molecule has 0 unspecified atom stereocenters. The third kappa shape index (κ3) is 3.18. The number of allylic oxidation sites excluding steroid dienone is 2. The quantitative estimate of drug-likeness (QED) is 0.501. The summed E-state index contributed by atoms with van der Waals surface area (Å²) in [6.45, 7) is 16.6. The van der Waals surface area contributed by atoms with Crippen LogP contribution in [0.4, 0.5) is 0 Å². The molecule has 0 N–H and O–H groups in total. The number of carbonyl (C=O) groups excluding carboxylic acids is 1. The Kier molecular flexibility index (Phi) is 4.30. The van der Waals surface area contributed by atoms with Gasteiger partial charge in [-0.2, -0.15) is 5.26 Å². The van der Waals surface area contributed by atoms with E-state index in [2.05, 4.69) is 58.9 Å². The molecule has 0 fully saturated rings. The molecule has 0 spiro atoms. The van der Waals surface area contributed by atoms with E-state index in [4.69, 9.17) is 0 Å². The Morgan fingerprint density at radius 3 is 2.17 bits per heavy atom. The smallest absolute Gasteiger partial charge is 0.178 e. The first-order valence-corrected chi connectivity index (χ1v) is 8.62. The fourth-order valence-corrected chi connectivity index (χ4v) is 3.32. The van der Waals surface area contributed by atoms with Crippen LogP contribution in [0.25, 0.3) is 5.57 Å². The first-order valence-electron chi connectivity index (χ1n) is 8.62. The summed E-state index contributed by atoms with van der Waals surface area (Å²) in [7, 11) is 0. The van der Waals surface area contributed by atoms with Gasteiger partial charge >= 0.3 is 0 Å². The predicted octanol–water partition coefficient (Wildman–Crippen LogP) is 5.56. The third-order valence-electron chi connectivity index (χ3n) is 4.88. The Balaban J connectivity index is 2.71. The Hall–Kier alpha value is -1.88. The SMILES string of the molecule is CC(C)(C)C(=O)/C(C#N)=C1\CC(C)(C)c2cc(C(C)(C)C)ccc21. The van der Waals surface area contributed by atoms with Gasteiger partial charge in [-0.3, -0.25) is 4.79 Å². The highest BCUT2D eigenvalue weighted by Crippen LogP contribution is 2.48. The van der Waals surface area contributed by atoms with Crippen molar-refractivity contribution in [3.8, 4) is 6.07 Å². The first kappa shape index (κ1) is 18.5. The van der Waals surface area contributed by atoms with Crippen molar-refractivity contribution >= 4 is 11.4 Å². The molecule has 128 valence electrons. The number of nitrogens with zero attached hydrogens (tertiary/aromatic N) is 1. The van der Waals surface area contributed by atoms with Crippen LogP contribution in [0.1, 0.15) is 78.5 Å². The third-order valence-corrected chi connectivity index (χ3v) is 4.88. The Morgan fingerprint density at radius 2 is 1.71 bits per heavy atom. The van der Waals surface area contributed by atoms with Crippen LogP contribution >= 0.6 is 0 Å². The van der Waals surface area contributed by atoms with Crippen LogP contribution in [0.3, 0.4) is 0 Å². The molecule has 1 aliphatic carbocycles. The number of Topliss-reactive ketones (excluding diaryl/α,β-unsaturated/α-hetero) is 1. The molecule has 0 aromatic heterocycles. The summed E-state index contributed by atoms with van der Waals surface area (Å²) in [5.74, 6) is -0.0662. The van der Waals surface area contributed by atoms with Gasteiger partial charge in [0.25, 0.3) is 0 Å². The van der Waals surface area contributed by atoms with E-state index in [0.717, 1.165) is 17.6 Å². The molecule has 2 heteroatoms. The summed E-state index contributed by atoms with van der Waals surface area (Å²) in [5, 5.41) is 9.67. The second-order valence-electron chi connectivity index (χ2n) is 9.62. The van der Waals surface area contributed by atoms with Crippen molar-refractivity contribution in [1.29, 1.82) is 5.26 Å². The molecule has 0 atom stereocenters. The van der Waals surface area contributed by atoms with E-state index in [1.807, 2.05) is 20.8 Å². The first-order chi connectivity index (χ1) is 10.8. The number of hydrogen-bond donors (Lipinski definition) is 0. The number of rotatable bonds is 1. The lowest BCUT2D eigenvalue weighted by Gasteiger charge is -2.24. The zero-order valence-corrected chi connectivity index (χ0v) is 16.3. The molecule has 0 amide bonds. The number of benzene rings is 1. The highest BCUT2D eigenvalue weighted by molar-refractivity contribution is 6.09. The number of fused-ring (bicyclic) bond motifs is 1. The van der Waals surface area contributed by atoms with Crippen molar-refractivity contribution < 1.29 is 4.79 Å². The summed E-state index contributed by atoms with van der Waals surface area (Å²) >= 11 is 0. The van der Waals surface area contributed by atoms with Gasteiger partial charge in [-0.15, -0.1) is 0 Å². The summed E-state index contributed by atoms with van der Waals surface area (Å²) in [6.07, 6.45) is 0.737. The standard InChI is InChI=1S/C22H29NO/c1-20(2,3)14-9-10-15-16(12-22(7,8)18(15)11-14)17(13-23)19(24)21(4,5)6/h9-11H,12H2,1-8H3/b17-16+. The van der Waals surface area contributed by atoms with Gasteiger partial charge < -0.3 is 0 Å². The second-order valence-corrected chi connectivity index (χ2v) is 9.62. The summed E-state index contributed by atoms with van der Waals surface area (Å²) in [5.41, 5.74) is 4.33. The van der Waals surface area contributed by atoms with Crippen molar-refractivity contribution in [3.63, 3.8) is 0 Å². The van der Waals surface area contributed by atoms with Crippen LogP contribution in [0.2, 0.25) is 0 Å². The zero-order chi connectivity index (χ0) is 18.5. The van der Waals surface area contributed by atoms with Crippen LogP contribution in [0, 0.1) is 16.7 Å². The van der Waals surface area contributed by atoms with Crippen LogP contribution in [0.5, 0.6) is 0 Å². The second kappa shape index (κ2) is 5.59. The average molecular weight is 323 g/mol. The number of carbonyl (C=O) groups is 1. The minimum atomic E-state index is -0.545. The van der Waals surface area contributed by atoms with Gasteiger partial charge in [0.1, 0.15) is 6.07 Å². The topological polar surface area (TPSA) is 40.9 Å². The average Bonchev–Trinajstić information content (AvgIpc) is 2.69. The Bertz CT molecular complexity index is 759. The maximum absolute atomic E-state index is 12.7. The molecule has 2 nitrogen and oxygen atoms in total. The van der Waals surface area contributed by atoms with Gasteiger partial charge in [-0.05, 0) is 39.5 Å². The molecule has 1 aliphatic rings. The summed E-state index contributed by atoms with van der Waals surface area (Å²) in [6, 6.07) is 8.71. The highest BCUT2D eigenvalue weighted by Gasteiger charge is 2.38. The van der Waals surface area contributed by atoms with Gasteiger partial charge in [-0.1, -0.05) is 73.6 Å². The Labute approximate surface area is 146 Å². The minimum absolute atomic E-state index is 0.0633. The molecule has 1 aromatic carbocycles. The van der Waals surface area contributed by atoms with Crippen molar-refractivity contribution in [1.82, 2.24) is 0 Å². The molecular formula is C22H29NO. The van der Waals surface area contributed by atoms with Gasteiger partial charge in [0.2, 0.25) is 0 Å². The van der Waals surface area contributed by atoms with Crippen molar-refractivity contribution in [2.45, 2.75) is 72.6 Å². The molecule has 24 heavy (non-hydrogen) atoms. The molecular weight excluding hydrogens is 294 g/mol. The van der Waals surface area contributed by atoms with Gasteiger partial charge in [0.05, 0.1) is 5.57 Å². The van der Waals surface area contributed by atoms with Crippen LogP contribution < -0.4 is 0 Å². The van der Waals surface area contributed by atoms with Gasteiger partial charge in [0.15, 0.2) is 5.78 Å². The molecule has 0 saturated carbocycles. The fraction of sp³-hybridized carbons (Fsp3) is 0.545. The molecule has 2 rings (SSSR count). The summed E-state index contributed by atoms with van der Waals surface area (Å²) in [4.78, 5) is 12.7. The highest BCUT2D eigenvalue weighted by atomic mass is 16.1. The molecule has 0 aliphatic heterocycles.